The Balaban J connectivity index is 1.30. The lowest BCUT2D eigenvalue weighted by Crippen LogP contribution is -2.02. The summed E-state index contributed by atoms with van der Waals surface area (Å²) < 4.78 is 9.29. The van der Waals surface area contributed by atoms with E-state index in [1.54, 1.807) is 22.7 Å². The summed E-state index contributed by atoms with van der Waals surface area (Å²) in [6.07, 6.45) is 0. The lowest BCUT2D eigenvalue weighted by molar-refractivity contribution is 1.15. The van der Waals surface area contributed by atoms with Crippen LogP contribution in [0.25, 0.3) is 100 Å². The van der Waals surface area contributed by atoms with E-state index in [4.69, 9.17) is 6.57 Å². The first-order valence-electron chi connectivity index (χ1n) is 16.4. The molecule has 6 heteroatoms. The number of hydrogen-bond acceptors (Lipinski definition) is 3. The molecular weight excluding hydrogens is 649 g/mol. The van der Waals surface area contributed by atoms with Gasteiger partial charge in [0.15, 0.2) is 0 Å². The van der Waals surface area contributed by atoms with Crippen LogP contribution < -0.4 is 0 Å². The van der Waals surface area contributed by atoms with Gasteiger partial charge in [0.1, 0.15) is 6.07 Å². The quantitative estimate of drug-likeness (QED) is 0.169. The molecule has 0 spiro atoms. The van der Waals surface area contributed by atoms with E-state index in [1.165, 1.54) is 40.3 Å². The number of para-hydroxylation sites is 2. The minimum absolute atomic E-state index is 0.492. The summed E-state index contributed by atoms with van der Waals surface area (Å²) in [5.41, 5.74) is 6.57. The van der Waals surface area contributed by atoms with Crippen molar-refractivity contribution in [1.82, 2.24) is 9.13 Å². The first kappa shape index (κ1) is 27.5. The molecule has 230 valence electrons. The van der Waals surface area contributed by atoms with Crippen LogP contribution in [0.3, 0.4) is 0 Å². The molecule has 0 radical (unpaired) electrons. The lowest BCUT2D eigenvalue weighted by atomic mass is 10.1. The van der Waals surface area contributed by atoms with Crippen molar-refractivity contribution in [3.05, 3.63) is 150 Å². The van der Waals surface area contributed by atoms with Crippen molar-refractivity contribution < 1.29 is 0 Å². The third kappa shape index (κ3) is 3.51. The van der Waals surface area contributed by atoms with Crippen molar-refractivity contribution in [2.24, 2.45) is 0 Å². The Morgan fingerprint density at radius 1 is 0.500 bits per heavy atom. The number of thiophene rings is 2. The Hall–Kier alpha value is -6.44. The topological polar surface area (TPSA) is 38.0 Å². The van der Waals surface area contributed by atoms with Gasteiger partial charge in [-0.05, 0) is 48.5 Å². The maximum absolute atomic E-state index is 11.0. The zero-order chi connectivity index (χ0) is 33.1. The van der Waals surface area contributed by atoms with Crippen LogP contribution in [0.5, 0.6) is 0 Å². The van der Waals surface area contributed by atoms with Crippen LogP contribution in [0, 0.1) is 17.9 Å². The fraction of sp³-hybridized carbons (Fsp3) is 0. The van der Waals surface area contributed by atoms with Gasteiger partial charge in [-0.1, -0.05) is 84.9 Å². The van der Waals surface area contributed by atoms with E-state index in [0.717, 1.165) is 43.6 Å². The van der Waals surface area contributed by atoms with Crippen molar-refractivity contribution in [1.29, 1.82) is 5.26 Å². The molecule has 0 atom stereocenters. The molecule has 11 aromatic rings. The molecule has 4 heterocycles. The van der Waals surface area contributed by atoms with Crippen LogP contribution in [-0.2, 0) is 0 Å². The molecule has 0 saturated carbocycles. The second-order valence-electron chi connectivity index (χ2n) is 12.7. The molecule has 0 unspecified atom stereocenters. The lowest BCUT2D eigenvalue weighted by Gasteiger charge is -2.16. The van der Waals surface area contributed by atoms with Crippen molar-refractivity contribution in [3.63, 3.8) is 0 Å². The average molecular weight is 671 g/mol. The average Bonchev–Trinajstić information content (AvgIpc) is 3.91. The normalized spacial score (nSPS) is 12.0. The highest BCUT2D eigenvalue weighted by Gasteiger charge is 2.24. The van der Waals surface area contributed by atoms with Gasteiger partial charge in [0.05, 0.1) is 45.6 Å². The van der Waals surface area contributed by atoms with E-state index in [1.807, 2.05) is 24.3 Å². The van der Waals surface area contributed by atoms with Gasteiger partial charge in [0.25, 0.3) is 0 Å². The second-order valence-corrected chi connectivity index (χ2v) is 14.8. The van der Waals surface area contributed by atoms with E-state index >= 15 is 0 Å². The van der Waals surface area contributed by atoms with Gasteiger partial charge in [-0.15, -0.1) is 22.7 Å². The van der Waals surface area contributed by atoms with Gasteiger partial charge in [-0.3, -0.25) is 0 Å². The number of rotatable bonds is 2. The molecule has 0 aliphatic rings. The maximum atomic E-state index is 11.0. The molecule has 0 bridgehead atoms. The Morgan fingerprint density at radius 3 is 1.50 bits per heavy atom. The summed E-state index contributed by atoms with van der Waals surface area (Å²) in [5, 5.41) is 20.2. The molecule has 0 aliphatic heterocycles. The minimum Gasteiger partial charge on any atom is -0.318 e. The van der Waals surface area contributed by atoms with Crippen molar-refractivity contribution >= 4 is 112 Å². The number of nitrogens with zero attached hydrogens (tertiary/aromatic N) is 4. The van der Waals surface area contributed by atoms with Gasteiger partial charge >= 0.3 is 0 Å². The first-order chi connectivity index (χ1) is 24.7. The Morgan fingerprint density at radius 2 is 0.980 bits per heavy atom. The first-order valence-corrected chi connectivity index (χ1v) is 18.0. The molecule has 0 saturated heterocycles. The summed E-state index contributed by atoms with van der Waals surface area (Å²) >= 11 is 3.57. The van der Waals surface area contributed by atoms with E-state index in [2.05, 4.69) is 129 Å². The zero-order valence-corrected chi connectivity index (χ0v) is 27.9. The minimum atomic E-state index is 0.492. The zero-order valence-electron chi connectivity index (χ0n) is 26.3. The van der Waals surface area contributed by atoms with Crippen LogP contribution in [0.2, 0.25) is 0 Å². The largest absolute Gasteiger partial charge is 0.318 e. The molecule has 0 aliphatic carbocycles. The Bertz CT molecular complexity index is 3130. The highest BCUT2D eigenvalue weighted by atomic mass is 32.1. The number of hydrogen-bond donors (Lipinski definition) is 0. The summed E-state index contributed by atoms with van der Waals surface area (Å²) in [7, 11) is 0. The SMILES string of the molecule is [C-]#[N+]c1cc(-n2c3ccccc3c3ccc4sc5ccccc5c4c32)c(C#N)cc1-n1c2ccccc2c2ccc3sc4ccccc4c3c21. The maximum Gasteiger partial charge on any atom is 0.212 e. The highest BCUT2D eigenvalue weighted by Crippen LogP contribution is 2.47. The third-order valence-corrected chi connectivity index (χ3v) is 12.4. The summed E-state index contributed by atoms with van der Waals surface area (Å²) in [5.74, 6) is 0. The molecule has 0 fully saturated rings. The second kappa shape index (κ2) is 10.0. The van der Waals surface area contributed by atoms with Crippen LogP contribution in [0.15, 0.2) is 133 Å². The summed E-state index contributed by atoms with van der Waals surface area (Å²) in [6.45, 7) is 8.58. The van der Waals surface area contributed by atoms with Crippen molar-refractivity contribution in [2.45, 2.75) is 0 Å². The van der Waals surface area contributed by atoms with Gasteiger partial charge in [0.2, 0.25) is 5.69 Å². The van der Waals surface area contributed by atoms with Crippen molar-refractivity contribution in [2.75, 3.05) is 0 Å². The van der Waals surface area contributed by atoms with E-state index < -0.39 is 0 Å². The molecule has 0 amide bonds. The van der Waals surface area contributed by atoms with E-state index in [0.29, 0.717) is 22.6 Å². The van der Waals surface area contributed by atoms with Crippen LogP contribution >= 0.6 is 22.7 Å². The molecule has 50 heavy (non-hydrogen) atoms. The van der Waals surface area contributed by atoms with Crippen LogP contribution in [0.4, 0.5) is 5.69 Å². The molecule has 0 N–H and O–H groups in total. The summed E-state index contributed by atoms with van der Waals surface area (Å²) in [6, 6.07) is 49.1. The highest BCUT2D eigenvalue weighted by molar-refractivity contribution is 7.26. The van der Waals surface area contributed by atoms with Crippen LogP contribution in [-0.4, -0.2) is 9.13 Å². The van der Waals surface area contributed by atoms with Gasteiger partial charge in [-0.25, -0.2) is 4.85 Å². The molecule has 11 rings (SSSR count). The number of fused-ring (bicyclic) bond motifs is 14. The smallest absolute Gasteiger partial charge is 0.212 e. The molecule has 7 aromatic carbocycles. The van der Waals surface area contributed by atoms with Gasteiger partial charge in [0, 0.05) is 61.9 Å². The number of benzene rings is 7. The van der Waals surface area contributed by atoms with Crippen LogP contribution in [0.1, 0.15) is 5.56 Å². The number of aromatic nitrogens is 2. The molecule has 4 aromatic heterocycles. The fourth-order valence-electron chi connectivity index (χ4n) is 8.14. The van der Waals surface area contributed by atoms with E-state index in [9.17, 15) is 5.26 Å². The predicted molar refractivity (Wildman–Crippen MR) is 212 cm³/mol. The van der Waals surface area contributed by atoms with Gasteiger partial charge in [-0.2, -0.15) is 5.26 Å². The Labute approximate surface area is 293 Å². The standard InChI is InChI=1S/C44H22N4S2/c1-46-32-23-35(47-33-14-6-2-10-26(33)28-18-20-39-41(43(28)47)30-12-4-8-16-37(30)49-39)25(24-45)22-36(32)48-34-15-7-3-11-27(34)29-19-21-40-42(44(29)48)31-13-5-9-17-38(31)50-40/h2-23H. The summed E-state index contributed by atoms with van der Waals surface area (Å²) in [4.78, 5) is 4.19. The molecular formula is C44H22N4S2. The Kier molecular flexibility index (Phi) is 5.52. The van der Waals surface area contributed by atoms with Gasteiger partial charge < -0.3 is 9.13 Å². The monoisotopic (exact) mass is 670 g/mol. The predicted octanol–water partition coefficient (Wildman–Crippen LogP) is 13.0. The van der Waals surface area contributed by atoms with Crippen molar-refractivity contribution in [3.8, 4) is 17.4 Å². The molecule has 4 nitrogen and oxygen atoms in total. The number of nitriles is 1. The van der Waals surface area contributed by atoms with E-state index in [-0.39, 0.29) is 0 Å². The fourth-order valence-corrected chi connectivity index (χ4v) is 10.4. The third-order valence-electron chi connectivity index (χ3n) is 10.2.